The molecular weight excluding hydrogens is 282 g/mol. The molecule has 0 unspecified atom stereocenters. The number of primary amides is 1. The van der Waals surface area contributed by atoms with E-state index in [4.69, 9.17) is 5.73 Å². The van der Waals surface area contributed by atoms with Gasteiger partial charge in [0.05, 0.1) is 12.6 Å². The van der Waals surface area contributed by atoms with Gasteiger partial charge in [-0.3, -0.25) is 9.48 Å². The van der Waals surface area contributed by atoms with E-state index in [1.54, 1.807) is 6.20 Å². The van der Waals surface area contributed by atoms with Crippen molar-refractivity contribution >= 4 is 11.9 Å². The summed E-state index contributed by atoms with van der Waals surface area (Å²) in [5, 5.41) is 6.80. The van der Waals surface area contributed by atoms with Crippen molar-refractivity contribution in [1.29, 1.82) is 0 Å². The third-order valence-corrected chi connectivity index (χ3v) is 3.94. The molecule has 0 aromatic carbocycles. The molecule has 0 radical (unpaired) electrons. The average molecular weight is 307 g/mol. The summed E-state index contributed by atoms with van der Waals surface area (Å²) < 4.78 is 1.84. The van der Waals surface area contributed by atoms with E-state index in [1.807, 2.05) is 35.7 Å². The topological polar surface area (TPSA) is 93.2 Å². The lowest BCUT2D eigenvalue weighted by atomic mass is 10.0. The van der Waals surface area contributed by atoms with Gasteiger partial charge in [-0.05, 0) is 31.2 Å². The summed E-state index contributed by atoms with van der Waals surface area (Å²) in [5.41, 5.74) is 5.21. The molecule has 7 nitrogen and oxygen atoms in total. The molecule has 1 aromatic heterocycles. The monoisotopic (exact) mass is 307 g/mol. The molecular formula is C15H25N5O2. The van der Waals surface area contributed by atoms with Crippen LogP contribution in [-0.2, 0) is 11.3 Å². The van der Waals surface area contributed by atoms with Crippen molar-refractivity contribution < 1.29 is 9.59 Å². The number of nitrogens with two attached hydrogens (primary N) is 1. The number of hydrogen-bond donors (Lipinski definition) is 2. The highest BCUT2D eigenvalue weighted by molar-refractivity contribution is 5.87. The molecule has 0 saturated carbocycles. The highest BCUT2D eigenvalue weighted by Gasteiger charge is 2.34. The van der Waals surface area contributed by atoms with E-state index in [1.165, 1.54) is 0 Å². The molecule has 1 aromatic rings. The van der Waals surface area contributed by atoms with E-state index >= 15 is 0 Å². The second-order valence-electron chi connectivity index (χ2n) is 6.25. The number of hydrogen-bond acceptors (Lipinski definition) is 3. The molecule has 122 valence electrons. The molecule has 2 rings (SSSR count). The fourth-order valence-electron chi connectivity index (χ4n) is 3.00. The summed E-state index contributed by atoms with van der Waals surface area (Å²) in [6, 6.07) is 0.798. The van der Waals surface area contributed by atoms with Gasteiger partial charge in [-0.15, -0.1) is 0 Å². The Morgan fingerprint density at radius 2 is 2.23 bits per heavy atom. The summed E-state index contributed by atoms with van der Waals surface area (Å²) in [7, 11) is 0. The largest absolute Gasteiger partial charge is 0.352 e. The normalized spacial score (nSPS) is 19.4. The van der Waals surface area contributed by atoms with Crippen LogP contribution in [0, 0.1) is 5.92 Å². The first-order valence-corrected chi connectivity index (χ1v) is 7.81. The highest BCUT2D eigenvalue weighted by atomic mass is 16.2. The van der Waals surface area contributed by atoms with Gasteiger partial charge < -0.3 is 16.0 Å². The van der Waals surface area contributed by atoms with Gasteiger partial charge in [0.1, 0.15) is 6.04 Å². The molecule has 3 N–H and O–H groups in total. The Morgan fingerprint density at radius 3 is 2.82 bits per heavy atom. The van der Waals surface area contributed by atoms with Crippen LogP contribution in [0.15, 0.2) is 18.5 Å². The SMILES string of the molecule is CC(C)C[C@H](NC(N)=O)C(=O)N1CCC[C@@H]1Cn1cccn1. The lowest BCUT2D eigenvalue weighted by Crippen LogP contribution is -2.52. The molecule has 1 aliphatic heterocycles. The average Bonchev–Trinajstić information content (AvgIpc) is 3.08. The summed E-state index contributed by atoms with van der Waals surface area (Å²) in [6.07, 6.45) is 6.15. The van der Waals surface area contributed by atoms with Crippen molar-refractivity contribution in [3.8, 4) is 0 Å². The van der Waals surface area contributed by atoms with Crippen molar-refractivity contribution in [3.05, 3.63) is 18.5 Å². The number of aromatic nitrogens is 2. The molecule has 1 fully saturated rings. The molecule has 22 heavy (non-hydrogen) atoms. The lowest BCUT2D eigenvalue weighted by molar-refractivity contribution is -0.134. The van der Waals surface area contributed by atoms with Gasteiger partial charge in [-0.1, -0.05) is 13.8 Å². The Hall–Kier alpha value is -2.05. The summed E-state index contributed by atoms with van der Waals surface area (Å²) in [4.78, 5) is 25.8. The zero-order valence-corrected chi connectivity index (χ0v) is 13.2. The molecule has 2 heterocycles. The van der Waals surface area contributed by atoms with E-state index in [0.29, 0.717) is 18.9 Å². The number of urea groups is 1. The first-order valence-electron chi connectivity index (χ1n) is 7.81. The Labute approximate surface area is 130 Å². The van der Waals surface area contributed by atoms with Crippen molar-refractivity contribution in [2.45, 2.75) is 51.7 Å². The minimum Gasteiger partial charge on any atom is -0.352 e. The number of carbonyl (C=O) groups excluding carboxylic acids is 2. The Balaban J connectivity index is 2.05. The van der Waals surface area contributed by atoms with Crippen molar-refractivity contribution in [2.24, 2.45) is 11.7 Å². The zero-order valence-electron chi connectivity index (χ0n) is 13.2. The lowest BCUT2D eigenvalue weighted by Gasteiger charge is -2.29. The van der Waals surface area contributed by atoms with Crippen molar-refractivity contribution in [3.63, 3.8) is 0 Å². The third-order valence-electron chi connectivity index (χ3n) is 3.94. The quantitative estimate of drug-likeness (QED) is 0.819. The summed E-state index contributed by atoms with van der Waals surface area (Å²) in [5.74, 6) is 0.259. The van der Waals surface area contributed by atoms with Gasteiger partial charge in [0.2, 0.25) is 5.91 Å². The maximum Gasteiger partial charge on any atom is 0.312 e. The first kappa shape index (κ1) is 16.3. The van der Waals surface area contributed by atoms with E-state index in [9.17, 15) is 9.59 Å². The molecule has 3 amide bonds. The number of amides is 3. The molecule has 0 aliphatic carbocycles. The zero-order chi connectivity index (χ0) is 16.1. The maximum absolute atomic E-state index is 12.8. The third kappa shape index (κ3) is 4.22. The minimum atomic E-state index is -0.651. The predicted octanol–water partition coefficient (Wildman–Crippen LogP) is 0.957. The number of likely N-dealkylation sites (tertiary alicyclic amines) is 1. The fraction of sp³-hybridized carbons (Fsp3) is 0.667. The fourth-order valence-corrected chi connectivity index (χ4v) is 3.00. The summed E-state index contributed by atoms with van der Waals surface area (Å²) in [6.45, 7) is 5.45. The van der Waals surface area contributed by atoms with E-state index in [0.717, 1.165) is 19.4 Å². The first-order chi connectivity index (χ1) is 10.5. The molecule has 0 bridgehead atoms. The number of rotatable bonds is 6. The van der Waals surface area contributed by atoms with Crippen molar-refractivity contribution in [2.75, 3.05) is 6.54 Å². The Bertz CT molecular complexity index is 500. The van der Waals surface area contributed by atoms with Gasteiger partial charge in [0.25, 0.3) is 0 Å². The standard InChI is InChI=1S/C15H25N5O2/c1-11(2)9-13(18-15(16)22)14(21)20-8-3-5-12(20)10-19-7-4-6-17-19/h4,6-7,11-13H,3,5,8-10H2,1-2H3,(H3,16,18,22)/t12-,13+/m1/s1. The Kier molecular flexibility index (Phi) is 5.41. The van der Waals surface area contributed by atoms with Crippen LogP contribution in [0.2, 0.25) is 0 Å². The van der Waals surface area contributed by atoms with Crippen LogP contribution in [0.3, 0.4) is 0 Å². The van der Waals surface area contributed by atoms with Gasteiger partial charge in [-0.25, -0.2) is 4.79 Å². The molecule has 7 heteroatoms. The Morgan fingerprint density at radius 1 is 1.45 bits per heavy atom. The van der Waals surface area contributed by atoms with E-state index in [2.05, 4.69) is 10.4 Å². The van der Waals surface area contributed by atoms with Crippen LogP contribution in [0.25, 0.3) is 0 Å². The molecule has 0 spiro atoms. The van der Waals surface area contributed by atoms with Crippen LogP contribution in [0.1, 0.15) is 33.1 Å². The van der Waals surface area contributed by atoms with Crippen LogP contribution in [-0.4, -0.2) is 45.2 Å². The van der Waals surface area contributed by atoms with Crippen LogP contribution in [0.4, 0.5) is 4.79 Å². The highest BCUT2D eigenvalue weighted by Crippen LogP contribution is 2.21. The maximum atomic E-state index is 12.8. The number of carbonyl (C=O) groups is 2. The second kappa shape index (κ2) is 7.29. The van der Waals surface area contributed by atoms with Crippen molar-refractivity contribution in [1.82, 2.24) is 20.0 Å². The van der Waals surface area contributed by atoms with Crippen LogP contribution >= 0.6 is 0 Å². The number of nitrogens with one attached hydrogen (secondary N) is 1. The molecule has 1 aliphatic rings. The molecule has 2 atom stereocenters. The van der Waals surface area contributed by atoms with Gasteiger partial charge in [0.15, 0.2) is 0 Å². The summed E-state index contributed by atoms with van der Waals surface area (Å²) >= 11 is 0. The van der Waals surface area contributed by atoms with Gasteiger partial charge in [0, 0.05) is 18.9 Å². The van der Waals surface area contributed by atoms with E-state index < -0.39 is 12.1 Å². The van der Waals surface area contributed by atoms with E-state index in [-0.39, 0.29) is 11.9 Å². The minimum absolute atomic E-state index is 0.0397. The van der Waals surface area contributed by atoms with Crippen LogP contribution < -0.4 is 11.1 Å². The smallest absolute Gasteiger partial charge is 0.312 e. The predicted molar refractivity (Wildman–Crippen MR) is 82.9 cm³/mol. The number of nitrogens with zero attached hydrogens (tertiary/aromatic N) is 3. The molecule has 1 saturated heterocycles. The second-order valence-corrected chi connectivity index (χ2v) is 6.25. The van der Waals surface area contributed by atoms with Gasteiger partial charge in [-0.2, -0.15) is 5.10 Å². The van der Waals surface area contributed by atoms with Crippen LogP contribution in [0.5, 0.6) is 0 Å². The van der Waals surface area contributed by atoms with Gasteiger partial charge >= 0.3 is 6.03 Å².